The van der Waals surface area contributed by atoms with Crippen LogP contribution in [0, 0.1) is 6.92 Å². The van der Waals surface area contributed by atoms with Crippen LogP contribution >= 0.6 is 0 Å². The fourth-order valence-electron chi connectivity index (χ4n) is 3.05. The lowest BCUT2D eigenvalue weighted by Gasteiger charge is -2.09. The van der Waals surface area contributed by atoms with Crippen molar-refractivity contribution in [2.75, 3.05) is 6.61 Å². The SMILES string of the molecule is C=CC(=O)OCCc1cccc(N=Nc2cc(C(=O)c3ccccc3)c(O)cc2O)c1C. The van der Waals surface area contributed by atoms with Gasteiger partial charge in [0.05, 0.1) is 17.9 Å². The third-order valence-electron chi connectivity index (χ3n) is 4.84. The van der Waals surface area contributed by atoms with Gasteiger partial charge in [-0.15, -0.1) is 5.11 Å². The molecule has 162 valence electrons. The van der Waals surface area contributed by atoms with Gasteiger partial charge in [-0.25, -0.2) is 4.79 Å². The average Bonchev–Trinajstić information content (AvgIpc) is 2.80. The number of hydrogen-bond donors (Lipinski definition) is 2. The maximum atomic E-state index is 12.7. The Morgan fingerprint density at radius 2 is 1.69 bits per heavy atom. The Labute approximate surface area is 185 Å². The van der Waals surface area contributed by atoms with E-state index in [9.17, 15) is 19.8 Å². The first-order chi connectivity index (χ1) is 15.4. The molecule has 0 radical (unpaired) electrons. The third-order valence-corrected chi connectivity index (χ3v) is 4.84. The van der Waals surface area contributed by atoms with Crippen LogP contribution in [0.15, 0.2) is 83.5 Å². The van der Waals surface area contributed by atoms with Gasteiger partial charge in [0.1, 0.15) is 17.2 Å². The summed E-state index contributed by atoms with van der Waals surface area (Å²) in [5.41, 5.74) is 2.78. The van der Waals surface area contributed by atoms with Crippen molar-refractivity contribution in [3.05, 3.63) is 95.6 Å². The molecular weight excluding hydrogens is 408 g/mol. The van der Waals surface area contributed by atoms with Crippen LogP contribution in [0.4, 0.5) is 11.4 Å². The Balaban J connectivity index is 1.85. The summed E-state index contributed by atoms with van der Waals surface area (Å²) in [4.78, 5) is 23.9. The van der Waals surface area contributed by atoms with Crippen LogP contribution in [0.1, 0.15) is 27.0 Å². The number of esters is 1. The van der Waals surface area contributed by atoms with Gasteiger partial charge in [-0.2, -0.15) is 5.11 Å². The highest BCUT2D eigenvalue weighted by Gasteiger charge is 2.17. The van der Waals surface area contributed by atoms with Crippen molar-refractivity contribution in [3.8, 4) is 11.5 Å². The molecular formula is C25H22N2O5. The van der Waals surface area contributed by atoms with Crippen molar-refractivity contribution in [3.63, 3.8) is 0 Å². The number of carbonyl (C=O) groups is 2. The van der Waals surface area contributed by atoms with Gasteiger partial charge < -0.3 is 14.9 Å². The standard InChI is InChI=1S/C25H22N2O5/c1-3-24(30)32-13-12-17-10-7-11-20(16(17)2)26-27-21-14-19(22(28)15-23(21)29)25(31)18-8-5-4-6-9-18/h3-11,14-15,28-29H,1,12-13H2,2H3. The molecule has 3 rings (SSSR count). The number of phenols is 2. The second-order valence-corrected chi connectivity index (χ2v) is 6.94. The van der Waals surface area contributed by atoms with Crippen molar-refractivity contribution in [1.29, 1.82) is 0 Å². The summed E-state index contributed by atoms with van der Waals surface area (Å²) in [5, 5.41) is 28.6. The van der Waals surface area contributed by atoms with Crippen LogP contribution in [0.5, 0.6) is 11.5 Å². The van der Waals surface area contributed by atoms with E-state index >= 15 is 0 Å². The highest BCUT2D eigenvalue weighted by atomic mass is 16.5. The Morgan fingerprint density at radius 1 is 0.969 bits per heavy atom. The lowest BCUT2D eigenvalue weighted by molar-refractivity contribution is -0.137. The Morgan fingerprint density at radius 3 is 2.41 bits per heavy atom. The van der Waals surface area contributed by atoms with Gasteiger partial charge in [-0.3, -0.25) is 4.79 Å². The lowest BCUT2D eigenvalue weighted by atomic mass is 10.0. The van der Waals surface area contributed by atoms with Crippen LogP contribution < -0.4 is 0 Å². The van der Waals surface area contributed by atoms with Crippen molar-refractivity contribution in [2.45, 2.75) is 13.3 Å². The Hall–Kier alpha value is -4.26. The van der Waals surface area contributed by atoms with Gasteiger partial charge in [-0.1, -0.05) is 49.0 Å². The first-order valence-corrected chi connectivity index (χ1v) is 9.86. The van der Waals surface area contributed by atoms with Gasteiger partial charge in [0.25, 0.3) is 0 Å². The van der Waals surface area contributed by atoms with Crippen LogP contribution in [0.2, 0.25) is 0 Å². The topological polar surface area (TPSA) is 109 Å². The molecule has 3 aromatic carbocycles. The van der Waals surface area contributed by atoms with Crippen molar-refractivity contribution in [2.24, 2.45) is 10.2 Å². The molecule has 2 N–H and O–H groups in total. The second kappa shape index (κ2) is 10.2. The molecule has 3 aromatic rings. The zero-order valence-electron chi connectivity index (χ0n) is 17.5. The lowest BCUT2D eigenvalue weighted by Crippen LogP contribution is -2.05. The van der Waals surface area contributed by atoms with E-state index in [4.69, 9.17) is 4.74 Å². The highest BCUT2D eigenvalue weighted by molar-refractivity contribution is 6.11. The maximum absolute atomic E-state index is 12.7. The number of aromatic hydroxyl groups is 2. The summed E-state index contributed by atoms with van der Waals surface area (Å²) in [6.45, 7) is 5.42. The van der Waals surface area contributed by atoms with Crippen LogP contribution in [0.25, 0.3) is 0 Å². The van der Waals surface area contributed by atoms with Gasteiger partial charge in [-0.05, 0) is 30.2 Å². The number of hydrogen-bond acceptors (Lipinski definition) is 7. The molecule has 0 heterocycles. The molecule has 0 atom stereocenters. The molecule has 0 spiro atoms. The summed E-state index contributed by atoms with van der Waals surface area (Å²) in [5.74, 6) is -1.53. The number of phenolic OH excluding ortho intramolecular Hbond substituents is 2. The van der Waals surface area contributed by atoms with E-state index in [0.29, 0.717) is 17.7 Å². The molecule has 32 heavy (non-hydrogen) atoms. The van der Waals surface area contributed by atoms with E-state index in [1.54, 1.807) is 42.5 Å². The van der Waals surface area contributed by atoms with Crippen LogP contribution in [0.3, 0.4) is 0 Å². The molecule has 0 unspecified atom stereocenters. The third kappa shape index (κ3) is 5.26. The van der Waals surface area contributed by atoms with Crippen molar-refractivity contribution >= 4 is 23.1 Å². The number of carbonyl (C=O) groups excluding carboxylic acids is 2. The molecule has 0 saturated heterocycles. The molecule has 0 aliphatic rings. The van der Waals surface area contributed by atoms with E-state index < -0.39 is 11.8 Å². The zero-order chi connectivity index (χ0) is 23.1. The van der Waals surface area contributed by atoms with Crippen molar-refractivity contribution in [1.82, 2.24) is 0 Å². The molecule has 0 amide bonds. The number of rotatable bonds is 8. The number of azo groups is 1. The maximum Gasteiger partial charge on any atom is 0.330 e. The zero-order valence-corrected chi connectivity index (χ0v) is 17.5. The van der Waals surface area contributed by atoms with Gasteiger partial charge in [0.2, 0.25) is 0 Å². The summed E-state index contributed by atoms with van der Waals surface area (Å²) >= 11 is 0. The van der Waals surface area contributed by atoms with E-state index in [-0.39, 0.29) is 29.4 Å². The normalized spacial score (nSPS) is 10.8. The molecule has 7 nitrogen and oxygen atoms in total. The first kappa shape index (κ1) is 22.4. The first-order valence-electron chi connectivity index (χ1n) is 9.86. The van der Waals surface area contributed by atoms with Crippen LogP contribution in [-0.2, 0) is 16.0 Å². The molecule has 7 heteroatoms. The summed E-state index contributed by atoms with van der Waals surface area (Å²) < 4.78 is 5.02. The van der Waals surface area contributed by atoms with Crippen LogP contribution in [-0.4, -0.2) is 28.6 Å². The van der Waals surface area contributed by atoms with E-state index in [1.807, 2.05) is 13.0 Å². The van der Waals surface area contributed by atoms with Gasteiger partial charge >= 0.3 is 5.97 Å². The number of ether oxygens (including phenoxy) is 1. The molecule has 0 saturated carbocycles. The number of ketones is 1. The minimum atomic E-state index is -0.484. The fourth-order valence-corrected chi connectivity index (χ4v) is 3.05. The Bertz CT molecular complexity index is 1190. The summed E-state index contributed by atoms with van der Waals surface area (Å²) in [6.07, 6.45) is 1.60. The van der Waals surface area contributed by atoms with E-state index in [2.05, 4.69) is 16.8 Å². The average molecular weight is 430 g/mol. The predicted octanol–water partition coefficient (Wildman–Crippen LogP) is 5.32. The van der Waals surface area contributed by atoms with Crippen molar-refractivity contribution < 1.29 is 24.5 Å². The molecule has 0 aliphatic heterocycles. The Kier molecular flexibility index (Phi) is 7.13. The monoisotopic (exact) mass is 430 g/mol. The fraction of sp³-hybridized carbons (Fsp3) is 0.120. The minimum absolute atomic E-state index is 0.0115. The molecule has 0 bridgehead atoms. The highest BCUT2D eigenvalue weighted by Crippen LogP contribution is 2.36. The summed E-state index contributed by atoms with van der Waals surface area (Å²) in [7, 11) is 0. The van der Waals surface area contributed by atoms with Gasteiger partial charge in [0, 0.05) is 24.1 Å². The van der Waals surface area contributed by atoms with E-state index in [1.165, 1.54) is 6.07 Å². The smallest absolute Gasteiger partial charge is 0.330 e. The largest absolute Gasteiger partial charge is 0.507 e. The summed E-state index contributed by atoms with van der Waals surface area (Å²) in [6, 6.07) is 16.3. The minimum Gasteiger partial charge on any atom is -0.507 e. The number of benzene rings is 3. The predicted molar refractivity (Wildman–Crippen MR) is 120 cm³/mol. The molecule has 0 fully saturated rings. The number of nitrogens with zero attached hydrogens (tertiary/aromatic N) is 2. The second-order valence-electron chi connectivity index (χ2n) is 6.94. The van der Waals surface area contributed by atoms with Gasteiger partial charge in [0.15, 0.2) is 5.78 Å². The molecule has 0 aliphatic carbocycles. The molecule has 0 aromatic heterocycles. The van der Waals surface area contributed by atoms with E-state index in [0.717, 1.165) is 23.3 Å². The quantitative estimate of drug-likeness (QED) is 0.217.